The summed E-state index contributed by atoms with van der Waals surface area (Å²) in [6.45, 7) is 3.46. The van der Waals surface area contributed by atoms with Gasteiger partial charge in [-0.15, -0.1) is 0 Å². The van der Waals surface area contributed by atoms with Crippen LogP contribution >= 0.6 is 0 Å². The van der Waals surface area contributed by atoms with Crippen molar-refractivity contribution in [2.45, 2.75) is 37.8 Å². The molecule has 0 saturated carbocycles. The Bertz CT molecular complexity index is 2120. The molecule has 0 amide bonds. The molecular weight excluding hydrogens is 656 g/mol. The Hall–Kier alpha value is -6.36. The smallest absolute Gasteiger partial charge is 0.341 e. The number of methoxy groups -OCH3 is 1. The van der Waals surface area contributed by atoms with Crippen LogP contribution < -0.4 is 10.1 Å². The van der Waals surface area contributed by atoms with E-state index in [9.17, 15) is 20.3 Å². The van der Waals surface area contributed by atoms with Crippen LogP contribution in [0.1, 0.15) is 65.0 Å². The third-order valence-corrected chi connectivity index (χ3v) is 9.32. The van der Waals surface area contributed by atoms with Gasteiger partial charge in [-0.25, -0.2) is 14.8 Å². The average Bonchev–Trinajstić information content (AvgIpc) is 3.56. The largest absolute Gasteiger partial charge is 0.494 e. The highest BCUT2D eigenvalue weighted by Gasteiger charge is 2.41. The van der Waals surface area contributed by atoms with E-state index < -0.39 is 17.0 Å². The number of aromatic nitrogens is 3. The van der Waals surface area contributed by atoms with Crippen LogP contribution in [0.5, 0.6) is 5.75 Å². The fraction of sp³-hybridized carbons (Fsp3) is 0.220. The summed E-state index contributed by atoms with van der Waals surface area (Å²) in [5.74, 6) is -0.0807. The second-order valence-corrected chi connectivity index (χ2v) is 13.0. The molecule has 264 valence electrons. The summed E-state index contributed by atoms with van der Waals surface area (Å²) in [5, 5.41) is 23.7. The Morgan fingerprint density at radius 2 is 1.48 bits per heavy atom. The lowest BCUT2D eigenvalue weighted by atomic mass is 9.76. The molecule has 6 aromatic rings. The Labute approximate surface area is 301 Å². The molecule has 2 heterocycles. The van der Waals surface area contributed by atoms with Crippen LogP contribution in [0.4, 0.5) is 5.69 Å². The van der Waals surface area contributed by atoms with Crippen molar-refractivity contribution in [2.24, 2.45) is 0 Å². The molecule has 0 unspecified atom stereocenters. The van der Waals surface area contributed by atoms with Gasteiger partial charge in [0, 0.05) is 49.7 Å². The number of esters is 1. The lowest BCUT2D eigenvalue weighted by Gasteiger charge is -2.38. The first-order chi connectivity index (χ1) is 25.1. The van der Waals surface area contributed by atoms with Crippen LogP contribution in [0, 0.1) is 15.5 Å². The van der Waals surface area contributed by atoms with Crippen molar-refractivity contribution >= 4 is 28.5 Å². The van der Waals surface area contributed by atoms with Gasteiger partial charge in [0.05, 0.1) is 25.6 Å². The quantitative estimate of drug-likeness (QED) is 0.0294. The number of nitro groups is 1. The molecule has 2 aromatic heterocycles. The number of nitrogens with one attached hydrogen (secondary N) is 2. The minimum absolute atomic E-state index is 0.0580. The average molecular weight is 697 g/mol. The maximum absolute atomic E-state index is 13.5. The molecule has 0 radical (unpaired) electrons. The minimum Gasteiger partial charge on any atom is -0.494 e. The van der Waals surface area contributed by atoms with Crippen LogP contribution in [0.2, 0.25) is 0 Å². The number of hydrogen-bond donors (Lipinski definition) is 2. The maximum atomic E-state index is 13.5. The van der Waals surface area contributed by atoms with Crippen molar-refractivity contribution in [3.63, 3.8) is 0 Å². The van der Waals surface area contributed by atoms with Crippen molar-refractivity contribution in [2.75, 3.05) is 26.1 Å². The second-order valence-electron chi connectivity index (χ2n) is 13.0. The molecule has 0 saturated heterocycles. The first kappa shape index (κ1) is 35.5. The topological polar surface area (TPSA) is 145 Å². The molecule has 11 nitrogen and oxygen atoms in total. The molecule has 2 N–H and O–H groups in total. The number of benzene rings is 4. The van der Waals surface area contributed by atoms with Gasteiger partial charge >= 0.3 is 5.97 Å². The van der Waals surface area contributed by atoms with E-state index in [0.717, 1.165) is 16.7 Å². The highest BCUT2D eigenvalue weighted by Crippen LogP contribution is 2.43. The third-order valence-electron chi connectivity index (χ3n) is 9.32. The van der Waals surface area contributed by atoms with Gasteiger partial charge in [-0.1, -0.05) is 91.0 Å². The summed E-state index contributed by atoms with van der Waals surface area (Å²) in [4.78, 5) is 34.4. The molecule has 0 aliphatic rings. The SMILES string of the molecule is CNc1ccc(OCCCC(C)(C)[N+](=O)[O-])cc1C(=N)c1cnc2c(n1)c(C(=O)OC)cn2C(c1ccccc1)(c1ccccc1)c1ccccc1. The van der Waals surface area contributed by atoms with Crippen LogP contribution in [-0.4, -0.2) is 57.4 Å². The number of nitrogens with zero attached hydrogens (tertiary/aromatic N) is 4. The zero-order valence-electron chi connectivity index (χ0n) is 29.5. The minimum atomic E-state index is -1.05. The molecule has 0 fully saturated rings. The summed E-state index contributed by atoms with van der Waals surface area (Å²) in [5.41, 5.74) is 3.18. The number of rotatable bonds is 14. The van der Waals surface area contributed by atoms with Crippen molar-refractivity contribution in [3.8, 4) is 5.75 Å². The monoisotopic (exact) mass is 696 g/mol. The van der Waals surface area contributed by atoms with E-state index in [1.54, 1.807) is 51.5 Å². The highest BCUT2D eigenvalue weighted by molar-refractivity contribution is 6.14. The van der Waals surface area contributed by atoms with Crippen molar-refractivity contribution in [1.29, 1.82) is 5.41 Å². The van der Waals surface area contributed by atoms with Gasteiger partial charge in [0.2, 0.25) is 5.54 Å². The summed E-state index contributed by atoms with van der Waals surface area (Å²) >= 11 is 0. The van der Waals surface area contributed by atoms with E-state index in [4.69, 9.17) is 19.4 Å². The Kier molecular flexibility index (Phi) is 10.1. The van der Waals surface area contributed by atoms with Gasteiger partial charge in [0.1, 0.15) is 28.1 Å². The Balaban J connectivity index is 1.48. The predicted octanol–water partition coefficient (Wildman–Crippen LogP) is 7.73. The Morgan fingerprint density at radius 1 is 0.904 bits per heavy atom. The standard InChI is InChI=1S/C41H40N6O5/c1-40(2,47(49)50)23-14-24-52-31-21-22-34(43-3)32(25-31)36(42)35-26-44-38-37(45-35)33(39(48)51-4)27-46(38)41(28-15-8-5-9-16-28,29-17-10-6-11-18-29)30-19-12-7-13-20-30/h5-13,15-22,25-27,42-43H,14,23-24H2,1-4H3. The zero-order valence-corrected chi connectivity index (χ0v) is 29.5. The van der Waals surface area contributed by atoms with Gasteiger partial charge in [-0.05, 0) is 41.3 Å². The predicted molar refractivity (Wildman–Crippen MR) is 201 cm³/mol. The van der Waals surface area contributed by atoms with Crippen LogP contribution in [0.3, 0.4) is 0 Å². The molecule has 0 aliphatic carbocycles. The molecule has 6 rings (SSSR count). The summed E-state index contributed by atoms with van der Waals surface area (Å²) in [6, 6.07) is 35.4. The number of hydrogen-bond acceptors (Lipinski definition) is 9. The molecule has 11 heteroatoms. The van der Waals surface area contributed by atoms with E-state index in [-0.39, 0.29) is 34.0 Å². The maximum Gasteiger partial charge on any atom is 0.341 e. The van der Waals surface area contributed by atoms with Crippen LogP contribution in [-0.2, 0) is 10.3 Å². The van der Waals surface area contributed by atoms with Gasteiger partial charge < -0.3 is 19.4 Å². The molecular formula is C41H40N6O5. The van der Waals surface area contributed by atoms with E-state index in [2.05, 4.69) is 41.7 Å². The Morgan fingerprint density at radius 3 is 2.00 bits per heavy atom. The molecule has 0 aliphatic heterocycles. The van der Waals surface area contributed by atoms with Gasteiger partial charge in [-0.2, -0.15) is 0 Å². The molecule has 0 atom stereocenters. The lowest BCUT2D eigenvalue weighted by molar-refractivity contribution is -0.561. The summed E-state index contributed by atoms with van der Waals surface area (Å²) < 4.78 is 13.2. The molecule has 52 heavy (non-hydrogen) atoms. The van der Waals surface area contributed by atoms with Crippen LogP contribution in [0.25, 0.3) is 11.2 Å². The van der Waals surface area contributed by atoms with Gasteiger partial charge in [0.15, 0.2) is 5.65 Å². The number of fused-ring (bicyclic) bond motifs is 1. The van der Waals surface area contributed by atoms with Crippen molar-refractivity contribution in [1.82, 2.24) is 14.5 Å². The van der Waals surface area contributed by atoms with E-state index in [1.807, 2.05) is 59.2 Å². The van der Waals surface area contributed by atoms with Gasteiger partial charge in [0.25, 0.3) is 0 Å². The van der Waals surface area contributed by atoms with E-state index in [0.29, 0.717) is 35.5 Å². The number of ether oxygens (including phenoxy) is 2. The third kappa shape index (κ3) is 6.60. The van der Waals surface area contributed by atoms with Gasteiger partial charge in [-0.3, -0.25) is 15.5 Å². The fourth-order valence-corrected chi connectivity index (χ4v) is 6.54. The molecule has 0 spiro atoms. The van der Waals surface area contributed by atoms with Crippen molar-refractivity contribution in [3.05, 3.63) is 165 Å². The molecule has 0 bridgehead atoms. The number of carbonyl (C=O) groups excluding carboxylic acids is 1. The number of carbonyl (C=O) groups is 1. The first-order valence-electron chi connectivity index (χ1n) is 16.9. The lowest BCUT2D eigenvalue weighted by Crippen LogP contribution is -2.37. The highest BCUT2D eigenvalue weighted by atomic mass is 16.6. The van der Waals surface area contributed by atoms with E-state index in [1.165, 1.54) is 7.11 Å². The molecule has 4 aromatic carbocycles. The first-order valence-corrected chi connectivity index (χ1v) is 16.9. The summed E-state index contributed by atoms with van der Waals surface area (Å²) in [7, 11) is 3.08. The van der Waals surface area contributed by atoms with Crippen molar-refractivity contribution < 1.29 is 19.2 Å². The van der Waals surface area contributed by atoms with Crippen LogP contribution in [0.15, 0.2) is 122 Å². The summed E-state index contributed by atoms with van der Waals surface area (Å²) in [6.07, 6.45) is 4.13. The van der Waals surface area contributed by atoms with E-state index >= 15 is 0 Å². The fourth-order valence-electron chi connectivity index (χ4n) is 6.54. The zero-order chi connectivity index (χ0) is 36.9. The number of anilines is 1. The second kappa shape index (κ2) is 14.9. The normalized spacial score (nSPS) is 11.6.